The Morgan fingerprint density at radius 2 is 0.960 bits per heavy atom. The van der Waals surface area contributed by atoms with Gasteiger partial charge in [-0.25, -0.2) is 0 Å². The Morgan fingerprint density at radius 3 is 1.68 bits per heavy atom. The molecule has 9 rings (SSSR count). The van der Waals surface area contributed by atoms with Crippen LogP contribution in [0.2, 0.25) is 0 Å². The number of benzene rings is 8. The molecule has 1 heteroatoms. The van der Waals surface area contributed by atoms with E-state index in [1.165, 1.54) is 72.1 Å². The molecule has 0 radical (unpaired) electrons. The van der Waals surface area contributed by atoms with Crippen LogP contribution in [0.25, 0.3) is 55.3 Å². The molecular formula is C49H37N. The van der Waals surface area contributed by atoms with E-state index in [9.17, 15) is 0 Å². The third kappa shape index (κ3) is 4.85. The van der Waals surface area contributed by atoms with Gasteiger partial charge in [-0.3, -0.25) is 0 Å². The van der Waals surface area contributed by atoms with Gasteiger partial charge >= 0.3 is 0 Å². The first kappa shape index (κ1) is 29.9. The van der Waals surface area contributed by atoms with Crippen LogP contribution < -0.4 is 4.90 Å². The highest BCUT2D eigenvalue weighted by molar-refractivity contribution is 6.11. The van der Waals surface area contributed by atoms with Crippen LogP contribution in [0.5, 0.6) is 0 Å². The minimum atomic E-state index is -0.167. The smallest absolute Gasteiger partial charge is 0.0621 e. The molecule has 8 aromatic carbocycles. The summed E-state index contributed by atoms with van der Waals surface area (Å²) < 4.78 is 0. The normalized spacial score (nSPS) is 12.8. The lowest BCUT2D eigenvalue weighted by molar-refractivity contribution is 0.661. The average Bonchev–Trinajstić information content (AvgIpc) is 3.41. The van der Waals surface area contributed by atoms with E-state index >= 15 is 0 Å². The van der Waals surface area contributed by atoms with E-state index in [4.69, 9.17) is 0 Å². The first-order valence-corrected chi connectivity index (χ1v) is 17.5. The fourth-order valence-electron chi connectivity index (χ4n) is 8.04. The van der Waals surface area contributed by atoms with E-state index in [-0.39, 0.29) is 5.41 Å². The van der Waals surface area contributed by atoms with E-state index in [1.807, 2.05) is 0 Å². The fraction of sp³-hybridized carbons (Fsp3) is 0.0612. The zero-order chi connectivity index (χ0) is 33.7. The molecule has 0 unspecified atom stereocenters. The Kier molecular flexibility index (Phi) is 7.21. The first-order valence-electron chi connectivity index (χ1n) is 17.5. The minimum Gasteiger partial charge on any atom is -0.309 e. The monoisotopic (exact) mass is 639 g/mol. The topological polar surface area (TPSA) is 3.24 Å². The number of rotatable bonds is 6. The quantitative estimate of drug-likeness (QED) is 0.175. The first-order chi connectivity index (χ1) is 24.6. The summed E-state index contributed by atoms with van der Waals surface area (Å²) in [6, 6.07) is 68.6. The summed E-state index contributed by atoms with van der Waals surface area (Å²) in [7, 11) is 0. The zero-order valence-electron chi connectivity index (χ0n) is 28.3. The maximum absolute atomic E-state index is 2.53. The summed E-state index contributed by atoms with van der Waals surface area (Å²) in [6.45, 7) is 4.76. The molecule has 50 heavy (non-hydrogen) atoms. The van der Waals surface area contributed by atoms with Gasteiger partial charge in [0.2, 0.25) is 0 Å². The van der Waals surface area contributed by atoms with Crippen LogP contribution >= 0.6 is 0 Å². The van der Waals surface area contributed by atoms with Crippen molar-refractivity contribution in [1.82, 2.24) is 0 Å². The standard InChI is InChI=1S/C49H37N/c1-49(2)44-28-16-14-27-43(44)47-45(49)33-37-32-36(34-18-6-3-7-19-34)30-31-40(37)48(47)50(38-22-10-5-11-23-38)46-29-17-15-26-42(46)41-25-13-12-24-39(41)35-20-8-4-9-21-35/h3-33H,1-2H3. The molecule has 0 atom stereocenters. The van der Waals surface area contributed by atoms with E-state index in [2.05, 4.69) is 207 Å². The van der Waals surface area contributed by atoms with Crippen LogP contribution in [0.15, 0.2) is 188 Å². The van der Waals surface area contributed by atoms with Gasteiger partial charge in [0.05, 0.1) is 11.4 Å². The molecular weight excluding hydrogens is 603 g/mol. The van der Waals surface area contributed by atoms with Crippen LogP contribution in [0, 0.1) is 0 Å². The lowest BCUT2D eigenvalue weighted by Crippen LogP contribution is -2.17. The Labute approximate surface area is 294 Å². The van der Waals surface area contributed by atoms with Crippen molar-refractivity contribution in [3.63, 3.8) is 0 Å². The summed E-state index contributed by atoms with van der Waals surface area (Å²) in [6.07, 6.45) is 0. The Morgan fingerprint density at radius 1 is 0.400 bits per heavy atom. The Balaban J connectivity index is 1.39. The van der Waals surface area contributed by atoms with Gasteiger partial charge in [0, 0.05) is 27.6 Å². The second-order valence-electron chi connectivity index (χ2n) is 13.7. The molecule has 0 bridgehead atoms. The van der Waals surface area contributed by atoms with Crippen molar-refractivity contribution in [1.29, 1.82) is 0 Å². The third-order valence-electron chi connectivity index (χ3n) is 10.4. The van der Waals surface area contributed by atoms with Crippen molar-refractivity contribution in [2.45, 2.75) is 19.3 Å². The lowest BCUT2D eigenvalue weighted by Gasteiger charge is -2.32. The molecule has 0 aromatic heterocycles. The lowest BCUT2D eigenvalue weighted by atomic mass is 9.81. The number of anilines is 3. The van der Waals surface area contributed by atoms with Gasteiger partial charge in [-0.2, -0.15) is 0 Å². The van der Waals surface area contributed by atoms with Crippen LogP contribution in [-0.2, 0) is 5.41 Å². The van der Waals surface area contributed by atoms with Gasteiger partial charge in [0.25, 0.3) is 0 Å². The van der Waals surface area contributed by atoms with Gasteiger partial charge in [-0.15, -0.1) is 0 Å². The molecule has 238 valence electrons. The van der Waals surface area contributed by atoms with Gasteiger partial charge in [0.1, 0.15) is 0 Å². The second-order valence-corrected chi connectivity index (χ2v) is 13.7. The van der Waals surface area contributed by atoms with Crippen molar-refractivity contribution >= 4 is 27.8 Å². The zero-order valence-corrected chi connectivity index (χ0v) is 28.3. The third-order valence-corrected chi connectivity index (χ3v) is 10.4. The number of fused-ring (bicyclic) bond motifs is 4. The molecule has 0 fully saturated rings. The summed E-state index contributed by atoms with van der Waals surface area (Å²) in [5, 5.41) is 2.47. The molecule has 0 saturated heterocycles. The number of hydrogen-bond donors (Lipinski definition) is 0. The van der Waals surface area contributed by atoms with Crippen molar-refractivity contribution in [3.8, 4) is 44.5 Å². The molecule has 0 spiro atoms. The van der Waals surface area contributed by atoms with Crippen molar-refractivity contribution < 1.29 is 0 Å². The molecule has 1 nitrogen and oxygen atoms in total. The summed E-state index contributed by atoms with van der Waals surface area (Å²) >= 11 is 0. The molecule has 0 aliphatic heterocycles. The number of para-hydroxylation sites is 2. The predicted octanol–water partition coefficient (Wildman–Crippen LogP) is 13.6. The van der Waals surface area contributed by atoms with Crippen LogP contribution in [0.1, 0.15) is 25.0 Å². The molecule has 0 heterocycles. The molecule has 1 aliphatic carbocycles. The summed E-state index contributed by atoms with van der Waals surface area (Å²) in [5.74, 6) is 0. The van der Waals surface area contributed by atoms with E-state index in [0.29, 0.717) is 0 Å². The summed E-state index contributed by atoms with van der Waals surface area (Å²) in [4.78, 5) is 2.53. The summed E-state index contributed by atoms with van der Waals surface area (Å²) in [5.41, 5.74) is 15.9. The van der Waals surface area contributed by atoms with Crippen LogP contribution in [-0.4, -0.2) is 0 Å². The molecule has 0 saturated carbocycles. The molecule has 8 aromatic rings. The average molecular weight is 640 g/mol. The Hall–Kier alpha value is -6.18. The van der Waals surface area contributed by atoms with Crippen molar-refractivity contribution in [2.24, 2.45) is 0 Å². The number of hydrogen-bond acceptors (Lipinski definition) is 1. The fourth-order valence-corrected chi connectivity index (χ4v) is 8.04. The maximum atomic E-state index is 2.53. The largest absolute Gasteiger partial charge is 0.309 e. The highest BCUT2D eigenvalue weighted by atomic mass is 15.1. The van der Waals surface area contributed by atoms with Crippen molar-refractivity contribution in [3.05, 3.63) is 199 Å². The Bertz CT molecular complexity index is 2490. The maximum Gasteiger partial charge on any atom is 0.0621 e. The molecule has 1 aliphatic rings. The van der Waals surface area contributed by atoms with E-state index in [0.717, 1.165) is 11.4 Å². The van der Waals surface area contributed by atoms with Gasteiger partial charge in [0.15, 0.2) is 0 Å². The highest BCUT2D eigenvalue weighted by Crippen LogP contribution is 2.57. The van der Waals surface area contributed by atoms with Crippen molar-refractivity contribution in [2.75, 3.05) is 4.90 Å². The highest BCUT2D eigenvalue weighted by Gasteiger charge is 2.39. The van der Waals surface area contributed by atoms with Gasteiger partial charge in [-0.1, -0.05) is 172 Å². The van der Waals surface area contributed by atoms with Crippen LogP contribution in [0.4, 0.5) is 17.1 Å². The van der Waals surface area contributed by atoms with Gasteiger partial charge < -0.3 is 4.90 Å². The van der Waals surface area contributed by atoms with Crippen LogP contribution in [0.3, 0.4) is 0 Å². The number of nitrogens with zero attached hydrogens (tertiary/aromatic N) is 1. The SMILES string of the molecule is CC1(C)c2ccccc2-c2c1cc1cc(-c3ccccc3)ccc1c2N(c1ccccc1)c1ccccc1-c1ccccc1-c1ccccc1. The van der Waals surface area contributed by atoms with E-state index in [1.54, 1.807) is 0 Å². The molecule has 0 amide bonds. The minimum absolute atomic E-state index is 0.167. The second kappa shape index (κ2) is 12.1. The van der Waals surface area contributed by atoms with E-state index < -0.39 is 0 Å². The predicted molar refractivity (Wildman–Crippen MR) is 213 cm³/mol. The van der Waals surface area contributed by atoms with Gasteiger partial charge in [-0.05, 0) is 80.2 Å². The molecule has 0 N–H and O–H groups in total.